The second-order valence-electron chi connectivity index (χ2n) is 6.18. The average Bonchev–Trinajstić information content (AvgIpc) is 3.05. The van der Waals surface area contributed by atoms with Crippen molar-refractivity contribution in [3.05, 3.63) is 54.2 Å². The van der Waals surface area contributed by atoms with Crippen LogP contribution in [0, 0.1) is 5.92 Å². The minimum atomic E-state index is -0.526. The number of nitrogens with one attached hydrogen (secondary N) is 2. The maximum atomic E-state index is 10.8. The summed E-state index contributed by atoms with van der Waals surface area (Å²) in [5, 5.41) is 21.9. The zero-order chi connectivity index (χ0) is 16.4. The Balaban J connectivity index is 0.00000121. The highest BCUT2D eigenvalue weighted by Gasteiger charge is 2.25. The molecule has 3 aromatic rings. The number of nitrogens with zero attached hydrogens (tertiary/aromatic N) is 3. The normalized spacial score (nSPS) is 17.0. The number of rotatable bonds is 4. The lowest BCUT2D eigenvalue weighted by molar-refractivity contribution is 0.0832. The van der Waals surface area contributed by atoms with E-state index >= 15 is 0 Å². The van der Waals surface area contributed by atoms with Gasteiger partial charge >= 0.3 is 0 Å². The van der Waals surface area contributed by atoms with Gasteiger partial charge in [-0.3, -0.25) is 0 Å². The first-order valence-corrected chi connectivity index (χ1v) is 8.38. The van der Waals surface area contributed by atoms with E-state index in [4.69, 9.17) is 0 Å². The van der Waals surface area contributed by atoms with Crippen molar-refractivity contribution in [1.82, 2.24) is 19.9 Å². The molecule has 2 aromatic heterocycles. The molecule has 3 heterocycles. The topological polar surface area (TPSA) is 74.5 Å². The molecule has 0 saturated carbocycles. The SMILES string of the molecule is OC(c1cccc2nc(Nc3ccccc3)nn12)C1CCNCC1.[HH].[HH].[HH]. The zero-order valence-corrected chi connectivity index (χ0v) is 13.4. The number of pyridine rings is 1. The third-order valence-electron chi connectivity index (χ3n) is 4.55. The summed E-state index contributed by atoms with van der Waals surface area (Å²) in [7, 11) is 0. The van der Waals surface area contributed by atoms with Crippen molar-refractivity contribution in [2.75, 3.05) is 18.4 Å². The van der Waals surface area contributed by atoms with Crippen LogP contribution in [-0.4, -0.2) is 32.8 Å². The number of hydrogen-bond donors (Lipinski definition) is 3. The van der Waals surface area contributed by atoms with Crippen LogP contribution in [0.1, 0.15) is 28.9 Å². The first kappa shape index (κ1) is 15.1. The van der Waals surface area contributed by atoms with Crippen molar-refractivity contribution < 1.29 is 9.39 Å². The monoisotopic (exact) mass is 329 g/mol. The number of anilines is 2. The van der Waals surface area contributed by atoms with Crippen LogP contribution < -0.4 is 10.6 Å². The fourth-order valence-electron chi connectivity index (χ4n) is 3.25. The predicted molar refractivity (Wildman–Crippen MR) is 99.6 cm³/mol. The van der Waals surface area contributed by atoms with Crippen LogP contribution in [0.5, 0.6) is 0 Å². The molecule has 0 bridgehead atoms. The van der Waals surface area contributed by atoms with Crippen LogP contribution in [0.25, 0.3) is 5.65 Å². The first-order valence-electron chi connectivity index (χ1n) is 8.38. The molecular weight excluding hydrogens is 302 g/mol. The highest BCUT2D eigenvalue weighted by molar-refractivity contribution is 5.55. The van der Waals surface area contributed by atoms with E-state index in [1.165, 1.54) is 0 Å². The molecule has 1 saturated heterocycles. The highest BCUT2D eigenvalue weighted by Crippen LogP contribution is 2.29. The summed E-state index contributed by atoms with van der Waals surface area (Å²) >= 11 is 0. The number of aliphatic hydroxyl groups is 1. The van der Waals surface area contributed by atoms with Crippen molar-refractivity contribution in [2.45, 2.75) is 18.9 Å². The van der Waals surface area contributed by atoms with Crippen molar-refractivity contribution in [3.63, 3.8) is 0 Å². The Morgan fingerprint density at radius 3 is 2.71 bits per heavy atom. The van der Waals surface area contributed by atoms with Gasteiger partial charge in [-0.15, -0.1) is 5.10 Å². The molecule has 6 nitrogen and oxygen atoms in total. The van der Waals surface area contributed by atoms with Gasteiger partial charge in [0.05, 0.1) is 11.8 Å². The Hall–Kier alpha value is -2.44. The molecule has 3 N–H and O–H groups in total. The fourth-order valence-corrected chi connectivity index (χ4v) is 3.25. The maximum Gasteiger partial charge on any atom is 0.247 e. The summed E-state index contributed by atoms with van der Waals surface area (Å²) in [6, 6.07) is 15.6. The van der Waals surface area contributed by atoms with E-state index in [0.29, 0.717) is 5.95 Å². The summed E-state index contributed by atoms with van der Waals surface area (Å²) in [6.07, 6.45) is 1.42. The van der Waals surface area contributed by atoms with E-state index < -0.39 is 6.10 Å². The van der Waals surface area contributed by atoms with Crippen molar-refractivity contribution in [3.8, 4) is 0 Å². The molecule has 1 unspecified atom stereocenters. The van der Waals surface area contributed by atoms with Gasteiger partial charge in [-0.05, 0) is 56.1 Å². The number of hydrogen-bond acceptors (Lipinski definition) is 5. The Kier molecular flexibility index (Phi) is 4.15. The molecule has 0 aliphatic carbocycles. The maximum absolute atomic E-state index is 10.8. The largest absolute Gasteiger partial charge is 0.387 e. The quantitative estimate of drug-likeness (QED) is 0.685. The van der Waals surface area contributed by atoms with Gasteiger partial charge in [0.15, 0.2) is 5.65 Å². The standard InChI is InChI=1S/C18H21N5O.3H2/c24-17(13-9-11-19-12-10-13)15-7-4-8-16-21-18(22-23(15)16)20-14-5-2-1-3-6-14;;;/h1-8,13,17,19,24H,9-12H2,(H,20,22);3*1H. The van der Waals surface area contributed by atoms with E-state index in [-0.39, 0.29) is 10.2 Å². The Bertz CT molecular complexity index is 824. The molecule has 4 rings (SSSR count). The number of benzene rings is 1. The van der Waals surface area contributed by atoms with Crippen LogP contribution in [0.2, 0.25) is 0 Å². The second kappa shape index (κ2) is 6.59. The molecule has 0 spiro atoms. The molecule has 1 aliphatic heterocycles. The van der Waals surface area contributed by atoms with Gasteiger partial charge < -0.3 is 15.7 Å². The molecule has 1 atom stereocenters. The van der Waals surface area contributed by atoms with E-state index in [0.717, 1.165) is 43.0 Å². The summed E-state index contributed by atoms with van der Waals surface area (Å²) in [6.45, 7) is 1.91. The van der Waals surface area contributed by atoms with E-state index in [1.807, 2.05) is 48.5 Å². The van der Waals surface area contributed by atoms with Crippen LogP contribution in [0.4, 0.5) is 11.6 Å². The lowest BCUT2D eigenvalue weighted by atomic mass is 9.90. The van der Waals surface area contributed by atoms with E-state index in [9.17, 15) is 5.11 Å². The third-order valence-corrected chi connectivity index (χ3v) is 4.55. The Labute approximate surface area is 145 Å². The summed E-state index contributed by atoms with van der Waals surface area (Å²) in [5.74, 6) is 0.790. The van der Waals surface area contributed by atoms with Crippen LogP contribution in [0.15, 0.2) is 48.5 Å². The predicted octanol–water partition coefficient (Wildman–Crippen LogP) is 3.24. The second-order valence-corrected chi connectivity index (χ2v) is 6.18. The molecule has 0 amide bonds. The van der Waals surface area contributed by atoms with Crippen molar-refractivity contribution in [1.29, 1.82) is 0 Å². The van der Waals surface area contributed by atoms with Crippen molar-refractivity contribution in [2.24, 2.45) is 5.92 Å². The molecular formula is C18H27N5O. The highest BCUT2D eigenvalue weighted by atomic mass is 16.3. The molecule has 0 radical (unpaired) electrons. The van der Waals surface area contributed by atoms with E-state index in [2.05, 4.69) is 20.7 Å². The Morgan fingerprint density at radius 2 is 1.92 bits per heavy atom. The van der Waals surface area contributed by atoms with Crippen LogP contribution in [0.3, 0.4) is 0 Å². The third kappa shape index (κ3) is 2.98. The van der Waals surface area contributed by atoms with Crippen LogP contribution >= 0.6 is 0 Å². The number of para-hydroxylation sites is 1. The number of piperidine rings is 1. The van der Waals surface area contributed by atoms with Crippen molar-refractivity contribution >= 4 is 17.3 Å². The van der Waals surface area contributed by atoms with Gasteiger partial charge in [-0.2, -0.15) is 4.98 Å². The zero-order valence-electron chi connectivity index (χ0n) is 13.4. The lowest BCUT2D eigenvalue weighted by Crippen LogP contribution is -2.31. The first-order chi connectivity index (χ1) is 11.8. The number of fused-ring (bicyclic) bond motifs is 1. The minimum absolute atomic E-state index is 0. The van der Waals surface area contributed by atoms with Gasteiger partial charge in [0.1, 0.15) is 0 Å². The van der Waals surface area contributed by atoms with Gasteiger partial charge in [-0.25, -0.2) is 4.52 Å². The molecule has 1 aliphatic rings. The summed E-state index contributed by atoms with van der Waals surface area (Å²) in [4.78, 5) is 4.51. The van der Waals surface area contributed by atoms with Crippen LogP contribution in [-0.2, 0) is 0 Å². The van der Waals surface area contributed by atoms with Gasteiger partial charge in [0, 0.05) is 9.97 Å². The minimum Gasteiger partial charge on any atom is -0.387 e. The average molecular weight is 329 g/mol. The van der Waals surface area contributed by atoms with Gasteiger partial charge in [0.2, 0.25) is 5.95 Å². The number of aliphatic hydroxyl groups excluding tert-OH is 1. The van der Waals surface area contributed by atoms with E-state index in [1.54, 1.807) is 4.52 Å². The number of aromatic nitrogens is 3. The van der Waals surface area contributed by atoms with Gasteiger partial charge in [-0.1, -0.05) is 24.3 Å². The molecule has 130 valence electrons. The summed E-state index contributed by atoms with van der Waals surface area (Å²) < 4.78 is 1.75. The smallest absolute Gasteiger partial charge is 0.247 e. The molecule has 1 fully saturated rings. The fraction of sp³-hybridized carbons (Fsp3) is 0.333. The summed E-state index contributed by atoms with van der Waals surface area (Å²) in [5.41, 5.74) is 2.47. The van der Waals surface area contributed by atoms with Gasteiger partial charge in [0.25, 0.3) is 0 Å². The molecule has 1 aromatic carbocycles. The Morgan fingerprint density at radius 1 is 1.12 bits per heavy atom. The molecule has 24 heavy (non-hydrogen) atoms. The lowest BCUT2D eigenvalue weighted by Gasteiger charge is -2.27. The molecule has 6 heteroatoms.